The molecule has 0 atom stereocenters. The number of benzene rings is 1. The Kier molecular flexibility index (Phi) is 5.67. The van der Waals surface area contributed by atoms with Gasteiger partial charge >= 0.3 is 6.09 Å². The third kappa shape index (κ3) is 4.40. The van der Waals surface area contributed by atoms with E-state index < -0.39 is 16.1 Å². The van der Waals surface area contributed by atoms with Crippen LogP contribution in [0, 0.1) is 0 Å². The highest BCUT2D eigenvalue weighted by Gasteiger charge is 2.27. The van der Waals surface area contributed by atoms with Crippen molar-refractivity contribution in [1.29, 1.82) is 0 Å². The Hall–Kier alpha value is -2.58. The van der Waals surface area contributed by atoms with Crippen LogP contribution in [-0.4, -0.2) is 23.9 Å². The SMILES string of the molecule is CCCCc1ccc2nc(Cl)c(S(=O)(=O)NC(=O)Oc3ccccc3)n2c1. The van der Waals surface area contributed by atoms with Crippen molar-refractivity contribution in [3.05, 3.63) is 59.4 Å². The number of fused-ring (bicyclic) bond motifs is 1. The summed E-state index contributed by atoms with van der Waals surface area (Å²) >= 11 is 6.05. The van der Waals surface area contributed by atoms with E-state index >= 15 is 0 Å². The normalized spacial score (nSPS) is 11.5. The van der Waals surface area contributed by atoms with Crippen LogP contribution in [0.15, 0.2) is 53.7 Å². The molecule has 9 heteroatoms. The Morgan fingerprint density at radius 3 is 2.67 bits per heavy atom. The Bertz CT molecular complexity index is 1060. The zero-order chi connectivity index (χ0) is 19.4. The second-order valence-electron chi connectivity index (χ2n) is 5.88. The number of unbranched alkanes of at least 4 members (excludes halogenated alkanes) is 1. The van der Waals surface area contributed by atoms with E-state index in [-0.39, 0.29) is 15.9 Å². The van der Waals surface area contributed by atoms with Crippen molar-refractivity contribution in [3.8, 4) is 5.75 Å². The average Bonchev–Trinajstić information content (AvgIpc) is 2.96. The molecule has 0 spiro atoms. The zero-order valence-corrected chi connectivity index (χ0v) is 16.1. The highest BCUT2D eigenvalue weighted by Crippen LogP contribution is 2.24. The third-order valence-electron chi connectivity index (χ3n) is 3.84. The summed E-state index contributed by atoms with van der Waals surface area (Å²) in [6.45, 7) is 2.07. The maximum atomic E-state index is 12.7. The van der Waals surface area contributed by atoms with Gasteiger partial charge in [0.25, 0.3) is 10.0 Å². The number of nitrogens with zero attached hydrogens (tertiary/aromatic N) is 2. The first-order valence-corrected chi connectivity index (χ1v) is 10.2. The van der Waals surface area contributed by atoms with E-state index in [0.717, 1.165) is 24.8 Å². The van der Waals surface area contributed by atoms with Gasteiger partial charge in [-0.3, -0.25) is 4.40 Å². The number of carbonyl (C=O) groups is 1. The summed E-state index contributed by atoms with van der Waals surface area (Å²) in [4.78, 5) is 16.0. The van der Waals surface area contributed by atoms with Gasteiger partial charge in [0.1, 0.15) is 11.4 Å². The van der Waals surface area contributed by atoms with Gasteiger partial charge < -0.3 is 4.74 Å². The van der Waals surface area contributed by atoms with Gasteiger partial charge in [0.2, 0.25) is 0 Å². The Labute approximate surface area is 162 Å². The van der Waals surface area contributed by atoms with Crippen LogP contribution in [0.5, 0.6) is 5.75 Å². The monoisotopic (exact) mass is 407 g/mol. The molecule has 2 aromatic heterocycles. The highest BCUT2D eigenvalue weighted by atomic mass is 35.5. The molecule has 0 saturated heterocycles. The van der Waals surface area contributed by atoms with Crippen LogP contribution in [0.1, 0.15) is 25.3 Å². The maximum absolute atomic E-state index is 12.7. The minimum absolute atomic E-state index is 0.219. The Morgan fingerprint density at radius 2 is 1.96 bits per heavy atom. The molecule has 1 aromatic carbocycles. The lowest BCUT2D eigenvalue weighted by molar-refractivity contribution is 0.207. The number of imidazole rings is 1. The standard InChI is InChI=1S/C18H18ClN3O4S/c1-2-3-7-13-10-11-15-20-16(19)17(22(15)12-13)27(24,25)21-18(23)26-14-8-5-4-6-9-14/h4-6,8-12H,2-3,7H2,1H3,(H,21,23). The lowest BCUT2D eigenvalue weighted by Gasteiger charge is -2.09. The molecular formula is C18H18ClN3O4S. The summed E-state index contributed by atoms with van der Waals surface area (Å²) in [5.41, 5.74) is 1.32. The van der Waals surface area contributed by atoms with Gasteiger partial charge in [-0.05, 0) is 36.6 Å². The van der Waals surface area contributed by atoms with Crippen molar-refractivity contribution in [2.24, 2.45) is 0 Å². The van der Waals surface area contributed by atoms with Crippen LogP contribution in [-0.2, 0) is 16.4 Å². The number of sulfonamides is 1. The van der Waals surface area contributed by atoms with Crippen molar-refractivity contribution in [2.45, 2.75) is 31.2 Å². The molecule has 7 nitrogen and oxygen atoms in total. The molecule has 0 aliphatic heterocycles. The molecule has 1 amide bonds. The molecule has 142 valence electrons. The van der Waals surface area contributed by atoms with E-state index in [9.17, 15) is 13.2 Å². The maximum Gasteiger partial charge on any atom is 0.426 e. The molecule has 0 aliphatic carbocycles. The van der Waals surface area contributed by atoms with Crippen molar-refractivity contribution < 1.29 is 17.9 Å². The minimum atomic E-state index is -4.29. The summed E-state index contributed by atoms with van der Waals surface area (Å²) in [6.07, 6.45) is 3.32. The molecule has 0 saturated carbocycles. The molecule has 0 unspecified atom stereocenters. The molecule has 0 fully saturated rings. The summed E-state index contributed by atoms with van der Waals surface area (Å²) in [5.74, 6) is 0.219. The Balaban J connectivity index is 1.89. The highest BCUT2D eigenvalue weighted by molar-refractivity contribution is 7.90. The van der Waals surface area contributed by atoms with Crippen molar-refractivity contribution in [1.82, 2.24) is 14.1 Å². The molecule has 0 radical (unpaired) electrons. The number of aromatic nitrogens is 2. The van der Waals surface area contributed by atoms with Crippen molar-refractivity contribution >= 4 is 33.4 Å². The summed E-state index contributed by atoms with van der Waals surface area (Å²) in [7, 11) is -4.29. The number of rotatable bonds is 6. The van der Waals surface area contributed by atoms with Gasteiger partial charge in [-0.1, -0.05) is 49.2 Å². The van der Waals surface area contributed by atoms with Gasteiger partial charge in [0.05, 0.1) is 0 Å². The largest absolute Gasteiger partial charge is 0.426 e. The molecule has 3 rings (SSSR count). The van der Waals surface area contributed by atoms with E-state index in [4.69, 9.17) is 16.3 Å². The number of para-hydroxylation sites is 1. The van der Waals surface area contributed by atoms with Gasteiger partial charge in [-0.25, -0.2) is 14.5 Å². The molecule has 0 bridgehead atoms. The van der Waals surface area contributed by atoms with Gasteiger partial charge in [-0.15, -0.1) is 0 Å². The van der Waals surface area contributed by atoms with Crippen LogP contribution >= 0.6 is 11.6 Å². The van der Waals surface area contributed by atoms with E-state index in [1.54, 1.807) is 30.5 Å². The summed E-state index contributed by atoms with van der Waals surface area (Å²) in [5, 5.41) is -0.523. The zero-order valence-electron chi connectivity index (χ0n) is 14.6. The fourth-order valence-corrected chi connectivity index (χ4v) is 4.09. The first-order valence-electron chi connectivity index (χ1n) is 8.37. The number of ether oxygens (including phenoxy) is 1. The number of aryl methyl sites for hydroxylation is 1. The van der Waals surface area contributed by atoms with Crippen molar-refractivity contribution in [2.75, 3.05) is 0 Å². The van der Waals surface area contributed by atoms with Crippen LogP contribution < -0.4 is 9.46 Å². The second kappa shape index (κ2) is 7.98. The van der Waals surface area contributed by atoms with Gasteiger partial charge in [0.15, 0.2) is 10.2 Å². The number of amides is 1. The smallest absolute Gasteiger partial charge is 0.410 e. The fourth-order valence-electron chi connectivity index (χ4n) is 2.58. The number of hydrogen-bond donors (Lipinski definition) is 1. The van der Waals surface area contributed by atoms with E-state index in [0.29, 0.717) is 5.65 Å². The van der Waals surface area contributed by atoms with Crippen LogP contribution in [0.3, 0.4) is 0 Å². The summed E-state index contributed by atoms with van der Waals surface area (Å²) < 4.78 is 33.6. The lowest BCUT2D eigenvalue weighted by Crippen LogP contribution is -2.33. The lowest BCUT2D eigenvalue weighted by atomic mass is 10.1. The first kappa shape index (κ1) is 19.2. The fraction of sp³-hybridized carbons (Fsp3) is 0.222. The first-order chi connectivity index (χ1) is 12.9. The summed E-state index contributed by atoms with van der Waals surface area (Å²) in [6, 6.07) is 11.7. The number of nitrogens with one attached hydrogen (secondary N) is 1. The molecular weight excluding hydrogens is 390 g/mol. The minimum Gasteiger partial charge on any atom is -0.410 e. The molecule has 2 heterocycles. The van der Waals surface area contributed by atoms with Gasteiger partial charge in [-0.2, -0.15) is 8.42 Å². The molecule has 1 N–H and O–H groups in total. The van der Waals surface area contributed by atoms with E-state index in [1.807, 2.05) is 10.8 Å². The number of pyridine rings is 1. The topological polar surface area (TPSA) is 89.8 Å². The average molecular weight is 408 g/mol. The number of halogens is 1. The third-order valence-corrected chi connectivity index (χ3v) is 5.55. The molecule has 27 heavy (non-hydrogen) atoms. The van der Waals surface area contributed by atoms with Gasteiger partial charge in [0, 0.05) is 6.20 Å². The second-order valence-corrected chi connectivity index (χ2v) is 7.84. The van der Waals surface area contributed by atoms with Crippen molar-refractivity contribution in [3.63, 3.8) is 0 Å². The van der Waals surface area contributed by atoms with E-state index in [2.05, 4.69) is 11.9 Å². The number of hydrogen-bond acceptors (Lipinski definition) is 5. The quantitative estimate of drug-likeness (QED) is 0.671. The molecule has 3 aromatic rings. The predicted octanol–water partition coefficient (Wildman–Crippen LogP) is 3.81. The molecule has 0 aliphatic rings. The Morgan fingerprint density at radius 1 is 1.22 bits per heavy atom. The predicted molar refractivity (Wildman–Crippen MR) is 102 cm³/mol. The van der Waals surface area contributed by atoms with Crippen LogP contribution in [0.2, 0.25) is 5.15 Å². The number of carbonyl (C=O) groups excluding carboxylic acids is 1. The van der Waals surface area contributed by atoms with E-state index in [1.165, 1.54) is 16.5 Å². The van der Waals surface area contributed by atoms with Crippen LogP contribution in [0.25, 0.3) is 5.65 Å². The van der Waals surface area contributed by atoms with Crippen LogP contribution in [0.4, 0.5) is 4.79 Å².